The summed E-state index contributed by atoms with van der Waals surface area (Å²) in [6, 6.07) is 6.62. The van der Waals surface area contributed by atoms with Crippen LogP contribution in [0.5, 0.6) is 0 Å². The Morgan fingerprint density at radius 1 is 1.38 bits per heavy atom. The Morgan fingerprint density at radius 2 is 2.19 bits per heavy atom. The highest BCUT2D eigenvalue weighted by Crippen LogP contribution is 2.15. The van der Waals surface area contributed by atoms with Gasteiger partial charge < -0.3 is 5.32 Å². The molecule has 3 nitrogen and oxygen atoms in total. The Balaban J connectivity index is 2.38. The number of aryl methyl sites for hydroxylation is 1. The fourth-order valence-electron chi connectivity index (χ4n) is 1.60. The van der Waals surface area contributed by atoms with Gasteiger partial charge >= 0.3 is 0 Å². The number of halogens is 1. The molecule has 1 N–H and O–H groups in total. The third kappa shape index (κ3) is 2.12. The van der Waals surface area contributed by atoms with Crippen molar-refractivity contribution in [2.24, 2.45) is 0 Å². The highest BCUT2D eigenvalue weighted by atomic mass is 19.1. The third-order valence-corrected chi connectivity index (χ3v) is 2.42. The lowest BCUT2D eigenvalue weighted by Gasteiger charge is -2.05. The zero-order chi connectivity index (χ0) is 11.5. The van der Waals surface area contributed by atoms with Crippen LogP contribution in [0.1, 0.15) is 11.3 Å². The minimum Gasteiger partial charge on any atom is -0.314 e. The summed E-state index contributed by atoms with van der Waals surface area (Å²) < 4.78 is 14.8. The van der Waals surface area contributed by atoms with Crippen molar-refractivity contribution in [1.82, 2.24) is 15.1 Å². The summed E-state index contributed by atoms with van der Waals surface area (Å²) in [5.41, 5.74) is 2.72. The number of hydrogen-bond donors (Lipinski definition) is 1. The van der Waals surface area contributed by atoms with Crippen molar-refractivity contribution in [3.05, 3.63) is 47.5 Å². The predicted molar refractivity (Wildman–Crippen MR) is 61.0 cm³/mol. The average molecular weight is 219 g/mol. The van der Waals surface area contributed by atoms with Crippen molar-refractivity contribution in [3.63, 3.8) is 0 Å². The molecule has 1 heterocycles. The molecule has 16 heavy (non-hydrogen) atoms. The van der Waals surface area contributed by atoms with Crippen LogP contribution >= 0.6 is 0 Å². The molecule has 0 unspecified atom stereocenters. The maximum Gasteiger partial charge on any atom is 0.125 e. The third-order valence-electron chi connectivity index (χ3n) is 2.42. The Hall–Kier alpha value is -1.68. The van der Waals surface area contributed by atoms with Crippen LogP contribution in [-0.4, -0.2) is 16.8 Å². The highest BCUT2D eigenvalue weighted by molar-refractivity contribution is 5.39. The van der Waals surface area contributed by atoms with Gasteiger partial charge in [0.15, 0.2) is 0 Å². The minimum atomic E-state index is -0.244. The molecule has 0 fully saturated rings. The molecule has 2 rings (SSSR count). The van der Waals surface area contributed by atoms with Gasteiger partial charge in [-0.3, -0.25) is 0 Å². The van der Waals surface area contributed by atoms with E-state index in [1.807, 2.05) is 26.2 Å². The predicted octanol–water partition coefficient (Wildman–Crippen LogP) is 2.04. The fourth-order valence-corrected chi connectivity index (χ4v) is 1.60. The van der Waals surface area contributed by atoms with E-state index in [-0.39, 0.29) is 5.82 Å². The molecule has 0 aliphatic heterocycles. The zero-order valence-corrected chi connectivity index (χ0v) is 9.37. The molecule has 4 heteroatoms. The lowest BCUT2D eigenvalue weighted by atomic mass is 10.2. The SMILES string of the molecule is CNCc1ccn(-c2cc(F)ccc2C)n1. The van der Waals surface area contributed by atoms with Crippen molar-refractivity contribution in [3.8, 4) is 5.69 Å². The normalized spacial score (nSPS) is 10.7. The van der Waals surface area contributed by atoms with Crippen LogP contribution in [0.25, 0.3) is 5.69 Å². The van der Waals surface area contributed by atoms with Crippen molar-refractivity contribution >= 4 is 0 Å². The van der Waals surface area contributed by atoms with Crippen LogP contribution in [0, 0.1) is 12.7 Å². The number of rotatable bonds is 3. The number of nitrogens with one attached hydrogen (secondary N) is 1. The standard InChI is InChI=1S/C12H14FN3/c1-9-3-4-10(13)7-12(9)16-6-5-11(15-16)8-14-2/h3-7,14H,8H2,1-2H3. The molecule has 0 aliphatic carbocycles. The Labute approximate surface area is 93.9 Å². The molecule has 2 aromatic rings. The van der Waals surface area contributed by atoms with Crippen LogP contribution in [0.3, 0.4) is 0 Å². The first kappa shape index (κ1) is 10.8. The summed E-state index contributed by atoms with van der Waals surface area (Å²) in [5.74, 6) is -0.244. The van der Waals surface area contributed by atoms with Crippen LogP contribution in [0.15, 0.2) is 30.5 Å². The summed E-state index contributed by atoms with van der Waals surface area (Å²) in [7, 11) is 1.87. The second kappa shape index (κ2) is 4.45. The van der Waals surface area contributed by atoms with Gasteiger partial charge in [-0.2, -0.15) is 5.10 Å². The molecule has 0 saturated carbocycles. The molecule has 1 aromatic heterocycles. The molecule has 84 valence electrons. The van der Waals surface area contributed by atoms with Gasteiger partial charge in [-0.05, 0) is 37.7 Å². The second-order valence-electron chi connectivity index (χ2n) is 3.71. The van der Waals surface area contributed by atoms with Gasteiger partial charge in [0, 0.05) is 12.7 Å². The van der Waals surface area contributed by atoms with Crippen LogP contribution in [0.2, 0.25) is 0 Å². The maximum atomic E-state index is 13.1. The highest BCUT2D eigenvalue weighted by Gasteiger charge is 2.04. The molecule has 0 saturated heterocycles. The van der Waals surface area contributed by atoms with E-state index in [2.05, 4.69) is 10.4 Å². The van der Waals surface area contributed by atoms with E-state index in [1.165, 1.54) is 12.1 Å². The number of nitrogens with zero attached hydrogens (tertiary/aromatic N) is 2. The van der Waals surface area contributed by atoms with Gasteiger partial charge in [0.2, 0.25) is 0 Å². The van der Waals surface area contributed by atoms with E-state index < -0.39 is 0 Å². The molecule has 0 amide bonds. The molecule has 0 spiro atoms. The minimum absolute atomic E-state index is 0.244. The van der Waals surface area contributed by atoms with E-state index in [4.69, 9.17) is 0 Å². The van der Waals surface area contributed by atoms with Crippen molar-refractivity contribution in [1.29, 1.82) is 0 Å². The Kier molecular flexibility index (Phi) is 3.01. The van der Waals surface area contributed by atoms with Gasteiger partial charge in [-0.15, -0.1) is 0 Å². The van der Waals surface area contributed by atoms with Gasteiger partial charge in [-0.1, -0.05) is 6.07 Å². The van der Waals surface area contributed by atoms with Crippen molar-refractivity contribution in [2.75, 3.05) is 7.05 Å². The molecular weight excluding hydrogens is 205 g/mol. The average Bonchev–Trinajstić information content (AvgIpc) is 2.71. The molecule has 0 aliphatic rings. The van der Waals surface area contributed by atoms with Crippen molar-refractivity contribution in [2.45, 2.75) is 13.5 Å². The van der Waals surface area contributed by atoms with E-state index in [0.29, 0.717) is 6.54 Å². The zero-order valence-electron chi connectivity index (χ0n) is 9.37. The molecule has 1 aromatic carbocycles. The second-order valence-corrected chi connectivity index (χ2v) is 3.71. The molecular formula is C12H14FN3. The molecule has 0 radical (unpaired) electrons. The summed E-state index contributed by atoms with van der Waals surface area (Å²) in [6.07, 6.45) is 1.84. The van der Waals surface area contributed by atoms with Gasteiger partial charge in [0.25, 0.3) is 0 Å². The van der Waals surface area contributed by atoms with Gasteiger partial charge in [-0.25, -0.2) is 9.07 Å². The van der Waals surface area contributed by atoms with E-state index in [9.17, 15) is 4.39 Å². The lowest BCUT2D eigenvalue weighted by molar-refractivity contribution is 0.624. The molecule has 0 bridgehead atoms. The monoisotopic (exact) mass is 219 g/mol. The van der Waals surface area contributed by atoms with Crippen LogP contribution in [-0.2, 0) is 6.54 Å². The summed E-state index contributed by atoms with van der Waals surface area (Å²) in [4.78, 5) is 0. The summed E-state index contributed by atoms with van der Waals surface area (Å²) in [6.45, 7) is 2.65. The number of hydrogen-bond acceptors (Lipinski definition) is 2. The summed E-state index contributed by atoms with van der Waals surface area (Å²) >= 11 is 0. The van der Waals surface area contributed by atoms with Crippen LogP contribution in [0.4, 0.5) is 4.39 Å². The smallest absolute Gasteiger partial charge is 0.125 e. The van der Waals surface area contributed by atoms with Crippen LogP contribution < -0.4 is 5.32 Å². The Morgan fingerprint density at radius 3 is 2.94 bits per heavy atom. The topological polar surface area (TPSA) is 29.9 Å². The largest absolute Gasteiger partial charge is 0.314 e. The van der Waals surface area contributed by atoms with Gasteiger partial charge in [0.1, 0.15) is 5.82 Å². The first-order valence-corrected chi connectivity index (χ1v) is 5.16. The summed E-state index contributed by atoms with van der Waals surface area (Å²) in [5, 5.41) is 7.38. The van der Waals surface area contributed by atoms with Gasteiger partial charge in [0.05, 0.1) is 11.4 Å². The Bertz CT molecular complexity index is 491. The number of aromatic nitrogens is 2. The lowest BCUT2D eigenvalue weighted by Crippen LogP contribution is -2.06. The first-order chi connectivity index (χ1) is 7.70. The first-order valence-electron chi connectivity index (χ1n) is 5.16. The quantitative estimate of drug-likeness (QED) is 0.856. The fraction of sp³-hybridized carbons (Fsp3) is 0.250. The van der Waals surface area contributed by atoms with E-state index in [1.54, 1.807) is 10.7 Å². The number of benzene rings is 1. The van der Waals surface area contributed by atoms with Crippen molar-refractivity contribution < 1.29 is 4.39 Å². The maximum absolute atomic E-state index is 13.1. The molecule has 0 atom stereocenters. The van der Waals surface area contributed by atoms with E-state index in [0.717, 1.165) is 16.9 Å². The van der Waals surface area contributed by atoms with E-state index >= 15 is 0 Å².